The third-order valence-electron chi connectivity index (χ3n) is 4.29. The molecule has 0 heterocycles. The molecular formula is C23H19N3O3. The first-order valence-corrected chi connectivity index (χ1v) is 8.92. The molecule has 6 heteroatoms. The van der Waals surface area contributed by atoms with Crippen molar-refractivity contribution in [1.82, 2.24) is 5.43 Å². The zero-order chi connectivity index (χ0) is 20.5. The fraction of sp³-hybridized carbons (Fsp3) is 0.0870. The van der Waals surface area contributed by atoms with Crippen molar-refractivity contribution in [3.8, 4) is 11.8 Å². The lowest BCUT2D eigenvalue weighted by Gasteiger charge is -2.27. The summed E-state index contributed by atoms with van der Waals surface area (Å²) in [5, 5.41) is 24.0. The molecule has 0 fully saturated rings. The highest BCUT2D eigenvalue weighted by molar-refractivity contribution is 5.91. The van der Waals surface area contributed by atoms with Gasteiger partial charge in [-0.05, 0) is 23.3 Å². The average molecular weight is 385 g/mol. The normalized spacial score (nSPS) is 11.0. The number of rotatable bonds is 7. The van der Waals surface area contributed by atoms with Crippen molar-refractivity contribution in [3.63, 3.8) is 0 Å². The Morgan fingerprint density at radius 1 is 1.00 bits per heavy atom. The Kier molecular flexibility index (Phi) is 6.36. The first-order valence-electron chi connectivity index (χ1n) is 8.92. The van der Waals surface area contributed by atoms with Gasteiger partial charge in [-0.3, -0.25) is 4.79 Å². The van der Waals surface area contributed by atoms with Gasteiger partial charge in [0.25, 0.3) is 5.91 Å². The van der Waals surface area contributed by atoms with Crippen molar-refractivity contribution < 1.29 is 14.6 Å². The molecule has 0 saturated heterocycles. The third kappa shape index (κ3) is 4.49. The molecule has 6 nitrogen and oxygen atoms in total. The zero-order valence-electron chi connectivity index (χ0n) is 15.5. The van der Waals surface area contributed by atoms with E-state index in [1.54, 1.807) is 72.8 Å². The molecule has 144 valence electrons. The van der Waals surface area contributed by atoms with Crippen LogP contribution in [0.2, 0.25) is 0 Å². The first kappa shape index (κ1) is 19.8. The molecule has 0 unspecified atom stereocenters. The molecule has 3 aromatic rings. The van der Waals surface area contributed by atoms with Gasteiger partial charge in [0.2, 0.25) is 0 Å². The van der Waals surface area contributed by atoms with E-state index in [4.69, 9.17) is 10.00 Å². The van der Waals surface area contributed by atoms with E-state index in [1.165, 1.54) is 6.21 Å². The van der Waals surface area contributed by atoms with Gasteiger partial charge < -0.3 is 9.84 Å². The third-order valence-corrected chi connectivity index (χ3v) is 4.29. The van der Waals surface area contributed by atoms with E-state index < -0.39 is 11.5 Å². The minimum absolute atomic E-state index is 0.0982. The Morgan fingerprint density at radius 2 is 1.55 bits per heavy atom. The number of carbonyl (C=O) groups excluding carboxylic acids is 1. The van der Waals surface area contributed by atoms with Gasteiger partial charge in [0.1, 0.15) is 11.8 Å². The monoisotopic (exact) mass is 385 g/mol. The number of hydrogen-bond donors (Lipinski definition) is 2. The minimum Gasteiger partial charge on any atom is -0.478 e. The lowest BCUT2D eigenvalue weighted by atomic mass is 9.85. The molecule has 1 amide bonds. The lowest BCUT2D eigenvalue weighted by molar-refractivity contribution is -0.136. The second kappa shape index (κ2) is 9.31. The van der Waals surface area contributed by atoms with E-state index >= 15 is 0 Å². The van der Waals surface area contributed by atoms with E-state index in [0.717, 1.165) is 0 Å². The number of carbonyl (C=O) groups is 1. The number of amides is 1. The SMILES string of the molecule is N#CCOc1ccccc1/C=N\NC(=O)C(O)(c1ccccc1)c1ccccc1. The van der Waals surface area contributed by atoms with Crippen LogP contribution in [0.15, 0.2) is 90.0 Å². The molecule has 0 aromatic heterocycles. The largest absolute Gasteiger partial charge is 0.478 e. The standard InChI is InChI=1S/C23H19N3O3/c24-15-16-29-21-14-8-7-9-18(21)17-25-26-22(27)23(28,19-10-3-1-4-11-19)20-12-5-2-6-13-20/h1-14,17,28H,16H2,(H,26,27)/b25-17-. The fourth-order valence-electron chi connectivity index (χ4n) is 2.86. The van der Waals surface area contributed by atoms with Crippen LogP contribution >= 0.6 is 0 Å². The van der Waals surface area contributed by atoms with Gasteiger partial charge >= 0.3 is 0 Å². The van der Waals surface area contributed by atoms with Crippen LogP contribution in [0.4, 0.5) is 0 Å². The highest BCUT2D eigenvalue weighted by Crippen LogP contribution is 2.29. The number of hydrogen-bond acceptors (Lipinski definition) is 5. The van der Waals surface area contributed by atoms with E-state index in [-0.39, 0.29) is 6.61 Å². The zero-order valence-corrected chi connectivity index (χ0v) is 15.5. The molecular weight excluding hydrogens is 366 g/mol. The predicted molar refractivity (Wildman–Crippen MR) is 109 cm³/mol. The molecule has 0 atom stereocenters. The summed E-state index contributed by atoms with van der Waals surface area (Å²) in [5.74, 6) is -0.227. The molecule has 0 aliphatic heterocycles. The molecule has 0 aliphatic carbocycles. The summed E-state index contributed by atoms with van der Waals surface area (Å²) in [6, 6.07) is 26.3. The molecule has 2 N–H and O–H groups in total. The maximum absolute atomic E-state index is 13.0. The van der Waals surface area contributed by atoms with Gasteiger partial charge in [-0.25, -0.2) is 5.43 Å². The summed E-state index contributed by atoms with van der Waals surface area (Å²) in [6.45, 7) is -0.0982. The number of nitriles is 1. The van der Waals surface area contributed by atoms with E-state index in [2.05, 4.69) is 10.5 Å². The number of nitrogens with zero attached hydrogens (tertiary/aromatic N) is 2. The van der Waals surface area contributed by atoms with Crippen molar-refractivity contribution in [3.05, 3.63) is 102 Å². The highest BCUT2D eigenvalue weighted by atomic mass is 16.5. The maximum Gasteiger partial charge on any atom is 0.281 e. The quantitative estimate of drug-likeness (QED) is 0.483. The molecule has 0 radical (unpaired) electrons. The van der Waals surface area contributed by atoms with E-state index in [1.807, 2.05) is 18.2 Å². The highest BCUT2D eigenvalue weighted by Gasteiger charge is 2.39. The molecule has 0 aliphatic rings. The summed E-state index contributed by atoms with van der Waals surface area (Å²) >= 11 is 0. The molecule has 29 heavy (non-hydrogen) atoms. The van der Waals surface area contributed by atoms with Crippen LogP contribution in [0.5, 0.6) is 5.75 Å². The second-order valence-corrected chi connectivity index (χ2v) is 6.13. The Bertz CT molecular complexity index is 988. The number of para-hydroxylation sites is 1. The van der Waals surface area contributed by atoms with Crippen molar-refractivity contribution in [2.45, 2.75) is 5.60 Å². The minimum atomic E-state index is -1.91. The number of nitrogens with one attached hydrogen (secondary N) is 1. The molecule has 0 saturated carbocycles. The molecule has 0 spiro atoms. The Labute approximate surface area is 168 Å². The van der Waals surface area contributed by atoms with Crippen LogP contribution in [-0.2, 0) is 10.4 Å². The van der Waals surface area contributed by atoms with Crippen molar-refractivity contribution >= 4 is 12.1 Å². The van der Waals surface area contributed by atoms with Gasteiger partial charge in [0.05, 0.1) is 6.21 Å². The van der Waals surface area contributed by atoms with Crippen molar-refractivity contribution in [2.75, 3.05) is 6.61 Å². The van der Waals surface area contributed by atoms with Crippen LogP contribution in [0, 0.1) is 11.3 Å². The fourth-order valence-corrected chi connectivity index (χ4v) is 2.86. The number of ether oxygens (including phenoxy) is 1. The number of benzene rings is 3. The van der Waals surface area contributed by atoms with Gasteiger partial charge in [0.15, 0.2) is 12.2 Å². The lowest BCUT2D eigenvalue weighted by Crippen LogP contribution is -2.43. The van der Waals surface area contributed by atoms with Crippen LogP contribution < -0.4 is 10.2 Å². The van der Waals surface area contributed by atoms with Crippen molar-refractivity contribution in [1.29, 1.82) is 5.26 Å². The summed E-state index contributed by atoms with van der Waals surface area (Å²) in [5.41, 5.74) is 1.95. The summed E-state index contributed by atoms with van der Waals surface area (Å²) < 4.78 is 5.34. The summed E-state index contributed by atoms with van der Waals surface area (Å²) in [6.07, 6.45) is 1.40. The Morgan fingerprint density at radius 3 is 2.14 bits per heavy atom. The van der Waals surface area contributed by atoms with Gasteiger partial charge in [0, 0.05) is 5.56 Å². The molecule has 3 rings (SSSR count). The van der Waals surface area contributed by atoms with Crippen LogP contribution in [0.25, 0.3) is 0 Å². The second-order valence-electron chi connectivity index (χ2n) is 6.13. The van der Waals surface area contributed by atoms with Gasteiger partial charge in [-0.15, -0.1) is 0 Å². The maximum atomic E-state index is 13.0. The smallest absolute Gasteiger partial charge is 0.281 e. The van der Waals surface area contributed by atoms with Crippen LogP contribution in [0.3, 0.4) is 0 Å². The predicted octanol–water partition coefficient (Wildman–Crippen LogP) is 2.98. The number of hydrazone groups is 1. The first-order chi connectivity index (χ1) is 14.2. The Balaban J connectivity index is 1.86. The Hall–Kier alpha value is -3.95. The van der Waals surface area contributed by atoms with E-state index in [9.17, 15) is 9.90 Å². The topological polar surface area (TPSA) is 94.7 Å². The summed E-state index contributed by atoms with van der Waals surface area (Å²) in [4.78, 5) is 13.0. The van der Waals surface area contributed by atoms with E-state index in [0.29, 0.717) is 22.4 Å². The van der Waals surface area contributed by atoms with Crippen LogP contribution in [-0.4, -0.2) is 23.8 Å². The molecule has 0 bridgehead atoms. The van der Waals surface area contributed by atoms with Crippen LogP contribution in [0.1, 0.15) is 16.7 Å². The molecule has 3 aromatic carbocycles. The van der Waals surface area contributed by atoms with Crippen molar-refractivity contribution in [2.24, 2.45) is 5.10 Å². The van der Waals surface area contributed by atoms with Gasteiger partial charge in [-0.2, -0.15) is 10.4 Å². The van der Waals surface area contributed by atoms with Gasteiger partial charge in [-0.1, -0.05) is 72.8 Å². The average Bonchev–Trinajstić information content (AvgIpc) is 2.79. The summed E-state index contributed by atoms with van der Waals surface area (Å²) in [7, 11) is 0. The number of aliphatic hydroxyl groups is 1.